The van der Waals surface area contributed by atoms with Crippen LogP contribution >= 0.6 is 0 Å². The summed E-state index contributed by atoms with van der Waals surface area (Å²) < 4.78 is 40.4. The number of alkyl halides is 3. The Morgan fingerprint density at radius 2 is 1.65 bits per heavy atom. The van der Waals surface area contributed by atoms with Crippen LogP contribution in [0.15, 0.2) is 60.8 Å². The van der Waals surface area contributed by atoms with Gasteiger partial charge in [0.2, 0.25) is 0 Å². The van der Waals surface area contributed by atoms with Crippen molar-refractivity contribution in [3.05, 3.63) is 71.9 Å². The van der Waals surface area contributed by atoms with Gasteiger partial charge in [-0.2, -0.15) is 18.3 Å². The van der Waals surface area contributed by atoms with E-state index >= 15 is 0 Å². The van der Waals surface area contributed by atoms with Crippen LogP contribution in [0, 0.1) is 5.41 Å². The third kappa shape index (κ3) is 2.59. The number of para-hydroxylation sites is 2. The zero-order chi connectivity index (χ0) is 18.3. The minimum absolute atomic E-state index is 0.0300. The molecule has 0 saturated carbocycles. The lowest BCUT2D eigenvalue weighted by Crippen LogP contribution is -2.45. The average molecular weight is 357 g/mol. The van der Waals surface area contributed by atoms with Crippen molar-refractivity contribution in [3.63, 3.8) is 0 Å². The van der Waals surface area contributed by atoms with Crippen LogP contribution in [-0.4, -0.2) is 22.7 Å². The Kier molecular flexibility index (Phi) is 3.68. The van der Waals surface area contributed by atoms with Crippen LogP contribution in [0.5, 0.6) is 0 Å². The Balaban J connectivity index is 1.84. The summed E-state index contributed by atoms with van der Waals surface area (Å²) in [5.41, 5.74) is 0.402. The molecule has 1 aromatic heterocycles. The Bertz CT molecular complexity index is 949. The first-order chi connectivity index (χ1) is 12.5. The first kappa shape index (κ1) is 16.2. The normalized spacial score (nSPS) is 14.5. The molecule has 0 atom stereocenters. The molecule has 5 nitrogen and oxygen atoms in total. The summed E-state index contributed by atoms with van der Waals surface area (Å²) in [6.07, 6.45) is -3.05. The van der Waals surface area contributed by atoms with Gasteiger partial charge in [0.05, 0.1) is 23.0 Å². The molecule has 2 heterocycles. The molecule has 1 aliphatic heterocycles. The van der Waals surface area contributed by atoms with Gasteiger partial charge in [0.15, 0.2) is 0 Å². The van der Waals surface area contributed by atoms with Crippen LogP contribution in [0.4, 0.5) is 30.4 Å². The third-order valence-electron chi connectivity index (χ3n) is 4.27. The molecule has 0 amide bonds. The number of benzene rings is 2. The number of rotatable bonds is 2. The molecule has 4 rings (SSSR count). The van der Waals surface area contributed by atoms with Gasteiger partial charge in [-0.05, 0) is 24.3 Å². The first-order valence-corrected chi connectivity index (χ1v) is 7.85. The predicted molar refractivity (Wildman–Crippen MR) is 92.8 cm³/mol. The second-order valence-corrected chi connectivity index (χ2v) is 5.83. The topological polar surface area (TPSA) is 59.0 Å². The Labute approximate surface area is 147 Å². The number of hydrogen-bond donors (Lipinski definition) is 2. The third-order valence-corrected chi connectivity index (χ3v) is 4.27. The minimum Gasteiger partial charge on any atom is -0.307 e. The average Bonchev–Trinajstić information content (AvgIpc) is 3.12. The van der Waals surface area contributed by atoms with Gasteiger partial charge in [-0.15, -0.1) is 0 Å². The standard InChI is InChI=1S/C18H14F3N5/c19-18(20,21)14-8-4-5-9-15(14)26-11-25(12-6-2-1-3-7-12)17-13(16(26)22)10-23-24-17/h1-10,22H,11H2,(H,23,24). The lowest BCUT2D eigenvalue weighted by atomic mass is 10.1. The maximum atomic E-state index is 13.5. The Hall–Kier alpha value is -3.29. The molecule has 0 radical (unpaired) electrons. The van der Waals surface area contributed by atoms with Crippen molar-refractivity contribution in [3.8, 4) is 0 Å². The zero-order valence-corrected chi connectivity index (χ0v) is 13.5. The molecule has 2 aromatic carbocycles. The van der Waals surface area contributed by atoms with Gasteiger partial charge in [0, 0.05) is 5.69 Å². The Morgan fingerprint density at radius 3 is 2.38 bits per heavy atom. The molecule has 1 aliphatic rings. The molecule has 8 heteroatoms. The first-order valence-electron chi connectivity index (χ1n) is 7.85. The van der Waals surface area contributed by atoms with Crippen molar-refractivity contribution in [1.82, 2.24) is 10.2 Å². The van der Waals surface area contributed by atoms with Gasteiger partial charge < -0.3 is 9.80 Å². The number of nitrogens with zero attached hydrogens (tertiary/aromatic N) is 3. The number of H-pyrrole nitrogens is 1. The highest BCUT2D eigenvalue weighted by atomic mass is 19.4. The summed E-state index contributed by atoms with van der Waals surface area (Å²) in [4.78, 5) is 3.14. The van der Waals surface area contributed by atoms with Crippen molar-refractivity contribution in [2.45, 2.75) is 6.18 Å². The highest BCUT2D eigenvalue weighted by molar-refractivity contribution is 6.13. The fourth-order valence-corrected chi connectivity index (χ4v) is 3.05. The van der Waals surface area contributed by atoms with E-state index in [1.807, 2.05) is 30.3 Å². The van der Waals surface area contributed by atoms with Crippen molar-refractivity contribution < 1.29 is 13.2 Å². The maximum Gasteiger partial charge on any atom is 0.418 e. The van der Waals surface area contributed by atoms with Crippen molar-refractivity contribution in [2.24, 2.45) is 0 Å². The second kappa shape index (κ2) is 5.91. The fourth-order valence-electron chi connectivity index (χ4n) is 3.05. The van der Waals surface area contributed by atoms with Crippen molar-refractivity contribution in [1.29, 1.82) is 5.41 Å². The van der Waals surface area contributed by atoms with E-state index in [2.05, 4.69) is 10.2 Å². The molecular weight excluding hydrogens is 343 g/mol. The molecular formula is C18H14F3N5. The van der Waals surface area contributed by atoms with Crippen LogP contribution in [0.2, 0.25) is 0 Å². The summed E-state index contributed by atoms with van der Waals surface area (Å²) in [5, 5.41) is 15.2. The highest BCUT2D eigenvalue weighted by Gasteiger charge is 2.38. The van der Waals surface area contributed by atoms with Gasteiger partial charge >= 0.3 is 6.18 Å². The zero-order valence-electron chi connectivity index (χ0n) is 13.5. The van der Waals surface area contributed by atoms with E-state index in [-0.39, 0.29) is 18.2 Å². The monoisotopic (exact) mass is 357 g/mol. The molecule has 132 valence electrons. The van der Waals surface area contributed by atoms with Crippen LogP contribution in [0.25, 0.3) is 0 Å². The molecule has 0 saturated heterocycles. The van der Waals surface area contributed by atoms with E-state index in [4.69, 9.17) is 5.41 Å². The lowest BCUT2D eigenvalue weighted by molar-refractivity contribution is -0.137. The van der Waals surface area contributed by atoms with Crippen LogP contribution in [-0.2, 0) is 6.18 Å². The van der Waals surface area contributed by atoms with E-state index in [1.165, 1.54) is 29.3 Å². The molecule has 2 N–H and O–H groups in total. The number of fused-ring (bicyclic) bond motifs is 1. The molecule has 0 bridgehead atoms. The number of halogens is 3. The smallest absolute Gasteiger partial charge is 0.307 e. The molecule has 0 fully saturated rings. The SMILES string of the molecule is N=C1c2cn[nH]c2N(c2ccccc2)CN1c1ccccc1C(F)(F)F. The quantitative estimate of drug-likeness (QED) is 0.716. The van der Waals surface area contributed by atoms with Gasteiger partial charge in [-0.1, -0.05) is 30.3 Å². The van der Waals surface area contributed by atoms with E-state index < -0.39 is 11.7 Å². The van der Waals surface area contributed by atoms with E-state index in [0.717, 1.165) is 11.8 Å². The van der Waals surface area contributed by atoms with Crippen LogP contribution < -0.4 is 9.80 Å². The van der Waals surface area contributed by atoms with Gasteiger partial charge in [-0.3, -0.25) is 10.5 Å². The molecule has 26 heavy (non-hydrogen) atoms. The van der Waals surface area contributed by atoms with Crippen LogP contribution in [0.1, 0.15) is 11.1 Å². The summed E-state index contributed by atoms with van der Waals surface area (Å²) in [5.74, 6) is 0.555. The summed E-state index contributed by atoms with van der Waals surface area (Å²) in [6.45, 7) is 0.0606. The fraction of sp³-hybridized carbons (Fsp3) is 0.111. The number of amidine groups is 1. The lowest BCUT2D eigenvalue weighted by Gasteiger charge is -2.38. The second-order valence-electron chi connectivity index (χ2n) is 5.83. The molecule has 0 aliphatic carbocycles. The molecule has 3 aromatic rings. The largest absolute Gasteiger partial charge is 0.418 e. The van der Waals surface area contributed by atoms with E-state index in [1.54, 1.807) is 4.90 Å². The van der Waals surface area contributed by atoms with Crippen molar-refractivity contribution >= 4 is 23.0 Å². The number of hydrogen-bond acceptors (Lipinski definition) is 3. The van der Waals surface area contributed by atoms with Gasteiger partial charge in [0.1, 0.15) is 18.3 Å². The van der Waals surface area contributed by atoms with Crippen molar-refractivity contribution in [2.75, 3.05) is 16.5 Å². The van der Waals surface area contributed by atoms with E-state index in [9.17, 15) is 13.2 Å². The van der Waals surface area contributed by atoms with Gasteiger partial charge in [0.25, 0.3) is 0 Å². The van der Waals surface area contributed by atoms with E-state index in [0.29, 0.717) is 11.4 Å². The Morgan fingerprint density at radius 1 is 0.962 bits per heavy atom. The number of anilines is 3. The molecule has 0 spiro atoms. The summed E-state index contributed by atoms with van der Waals surface area (Å²) in [6, 6.07) is 14.6. The number of nitrogens with one attached hydrogen (secondary N) is 2. The maximum absolute atomic E-state index is 13.5. The summed E-state index contributed by atoms with van der Waals surface area (Å²) in [7, 11) is 0. The number of aromatic nitrogens is 2. The summed E-state index contributed by atoms with van der Waals surface area (Å²) >= 11 is 0. The van der Waals surface area contributed by atoms with Crippen LogP contribution in [0.3, 0.4) is 0 Å². The number of aromatic amines is 1. The predicted octanol–water partition coefficient (Wildman–Crippen LogP) is 4.37. The van der Waals surface area contributed by atoms with Gasteiger partial charge in [-0.25, -0.2) is 0 Å². The molecule has 0 unspecified atom stereocenters. The minimum atomic E-state index is -4.51. The highest BCUT2D eigenvalue weighted by Crippen LogP contribution is 2.40.